The quantitative estimate of drug-likeness (QED) is 0.543. The summed E-state index contributed by atoms with van der Waals surface area (Å²) < 4.78 is 56.1. The Hall–Kier alpha value is -2.66. The van der Waals surface area contributed by atoms with Gasteiger partial charge >= 0.3 is 6.18 Å². The Bertz CT molecular complexity index is 1020. The number of nitrogens with one attached hydrogen (secondary N) is 1. The van der Waals surface area contributed by atoms with Gasteiger partial charge in [0.1, 0.15) is 24.1 Å². The normalized spacial score (nSPS) is 24.1. The number of methoxy groups -OCH3 is 1. The second-order valence-corrected chi connectivity index (χ2v) is 8.97. The third-order valence-corrected chi connectivity index (χ3v) is 5.92. The first-order valence-electron chi connectivity index (χ1n) is 11.1. The van der Waals surface area contributed by atoms with Crippen LogP contribution < -0.4 is 10.1 Å². The number of halogens is 3. The predicted octanol–water partition coefficient (Wildman–Crippen LogP) is 3.30. The molecule has 1 heterocycles. The van der Waals surface area contributed by atoms with Crippen LogP contribution in [0.1, 0.15) is 31.9 Å². The van der Waals surface area contributed by atoms with Crippen LogP contribution in [-0.4, -0.2) is 60.0 Å². The van der Waals surface area contributed by atoms with Gasteiger partial charge in [0.05, 0.1) is 11.2 Å². The summed E-state index contributed by atoms with van der Waals surface area (Å²) in [5.41, 5.74) is 0.159. The number of aliphatic hydroxyl groups is 2. The van der Waals surface area contributed by atoms with Gasteiger partial charge in [0.2, 0.25) is 12.2 Å². The molecule has 1 unspecified atom stereocenters. The highest BCUT2D eigenvalue weighted by molar-refractivity contribution is 5.73. The molecule has 1 aliphatic heterocycles. The van der Waals surface area contributed by atoms with Gasteiger partial charge in [-0.25, -0.2) is 0 Å². The molecule has 0 spiro atoms. The first-order valence-corrected chi connectivity index (χ1v) is 11.1. The highest BCUT2D eigenvalue weighted by atomic mass is 19.4. The summed E-state index contributed by atoms with van der Waals surface area (Å²) in [5.74, 6) is 0.0890. The van der Waals surface area contributed by atoms with Crippen LogP contribution in [-0.2, 0) is 26.9 Å². The molecule has 2 aromatic rings. The number of hydrogen-bond acceptors (Lipinski definition) is 6. The molecule has 3 rings (SSSR count). The predicted molar refractivity (Wildman–Crippen MR) is 122 cm³/mol. The summed E-state index contributed by atoms with van der Waals surface area (Å²) in [4.78, 5) is 11.2. The maximum Gasteiger partial charge on any atom is 0.416 e. The van der Waals surface area contributed by atoms with E-state index >= 15 is 0 Å². The van der Waals surface area contributed by atoms with E-state index in [1.807, 2.05) is 0 Å². The highest BCUT2D eigenvalue weighted by Crippen LogP contribution is 2.36. The number of ether oxygens (including phenoxy) is 3. The number of amides is 1. The van der Waals surface area contributed by atoms with Gasteiger partial charge in [0, 0.05) is 20.6 Å². The fraction of sp³-hybridized carbons (Fsp3) is 0.480. The van der Waals surface area contributed by atoms with E-state index in [4.69, 9.17) is 14.2 Å². The van der Waals surface area contributed by atoms with Crippen molar-refractivity contribution in [1.82, 2.24) is 5.32 Å². The Labute approximate surface area is 201 Å². The molecular formula is C25H30F3NO6. The number of hydrogen-bond donors (Lipinski definition) is 3. The van der Waals surface area contributed by atoms with Crippen molar-refractivity contribution in [1.29, 1.82) is 0 Å². The van der Waals surface area contributed by atoms with Crippen molar-refractivity contribution >= 4 is 5.91 Å². The Morgan fingerprint density at radius 3 is 2.34 bits per heavy atom. The third kappa shape index (κ3) is 6.32. The van der Waals surface area contributed by atoms with E-state index in [2.05, 4.69) is 5.32 Å². The van der Waals surface area contributed by atoms with Crippen molar-refractivity contribution in [3.05, 3.63) is 53.6 Å². The van der Waals surface area contributed by atoms with Gasteiger partial charge in [-0.3, -0.25) is 4.79 Å². The summed E-state index contributed by atoms with van der Waals surface area (Å²) in [6.45, 7) is 5.14. The molecule has 192 valence electrons. The van der Waals surface area contributed by atoms with Crippen LogP contribution >= 0.6 is 0 Å². The number of rotatable bonds is 7. The average Bonchev–Trinajstić information content (AvgIpc) is 2.77. The molecule has 0 bridgehead atoms. The second-order valence-electron chi connectivity index (χ2n) is 8.97. The van der Waals surface area contributed by atoms with E-state index in [1.165, 1.54) is 26.2 Å². The van der Waals surface area contributed by atoms with Gasteiger partial charge in [-0.2, -0.15) is 13.2 Å². The molecule has 1 saturated heterocycles. The molecule has 2 aromatic carbocycles. The Kier molecular flexibility index (Phi) is 8.10. The van der Waals surface area contributed by atoms with Gasteiger partial charge in [-0.1, -0.05) is 18.2 Å². The van der Waals surface area contributed by atoms with Crippen molar-refractivity contribution in [2.75, 3.05) is 13.7 Å². The van der Waals surface area contributed by atoms with Crippen molar-refractivity contribution in [2.45, 2.75) is 63.6 Å². The molecule has 35 heavy (non-hydrogen) atoms. The van der Waals surface area contributed by atoms with E-state index in [0.29, 0.717) is 24.1 Å². The summed E-state index contributed by atoms with van der Waals surface area (Å²) >= 11 is 0. The van der Waals surface area contributed by atoms with Crippen LogP contribution in [0.4, 0.5) is 13.2 Å². The molecule has 7 nitrogen and oxygen atoms in total. The standard InChI is InChI=1S/C25H30F3NO6/c1-14(30)29-12-11-16-7-10-18(13-19(16)15-5-8-17(9-6-15)25(26,27)28)34-23-21(32)20(31)22(33-4)24(2,3)35-23/h5-10,13,20-23,31-32H,11-12H2,1-4H3,(H,29,30)/t20-,21+,22+,23?/m0/s1. The molecule has 1 aliphatic rings. The van der Waals surface area contributed by atoms with Gasteiger partial charge < -0.3 is 29.7 Å². The van der Waals surface area contributed by atoms with E-state index in [9.17, 15) is 28.2 Å². The lowest BCUT2D eigenvalue weighted by Crippen LogP contribution is -2.63. The lowest BCUT2D eigenvalue weighted by Gasteiger charge is -2.46. The van der Waals surface area contributed by atoms with E-state index in [1.54, 1.807) is 32.0 Å². The second kappa shape index (κ2) is 10.5. The number of alkyl halides is 3. The van der Waals surface area contributed by atoms with Crippen LogP contribution in [0, 0.1) is 0 Å². The zero-order valence-electron chi connectivity index (χ0n) is 19.9. The van der Waals surface area contributed by atoms with Crippen LogP contribution in [0.5, 0.6) is 5.75 Å². The first kappa shape index (κ1) is 26.9. The van der Waals surface area contributed by atoms with Gasteiger partial charge in [0.25, 0.3) is 0 Å². The molecule has 0 saturated carbocycles. The van der Waals surface area contributed by atoms with Crippen LogP contribution in [0.15, 0.2) is 42.5 Å². The largest absolute Gasteiger partial charge is 0.462 e. The average molecular weight is 498 g/mol. The molecule has 0 radical (unpaired) electrons. The van der Waals surface area contributed by atoms with Crippen LogP contribution in [0.3, 0.4) is 0 Å². The molecule has 0 aliphatic carbocycles. The van der Waals surface area contributed by atoms with Crippen molar-refractivity contribution in [2.24, 2.45) is 0 Å². The van der Waals surface area contributed by atoms with Crippen molar-refractivity contribution in [3.63, 3.8) is 0 Å². The maximum atomic E-state index is 13.0. The fourth-order valence-electron chi connectivity index (χ4n) is 4.17. The molecular weight excluding hydrogens is 467 g/mol. The van der Waals surface area contributed by atoms with E-state index < -0.39 is 41.9 Å². The van der Waals surface area contributed by atoms with Gasteiger partial charge in [-0.05, 0) is 61.2 Å². The fourth-order valence-corrected chi connectivity index (χ4v) is 4.17. The zero-order valence-corrected chi connectivity index (χ0v) is 19.9. The Balaban J connectivity index is 1.91. The SMILES string of the molecule is CO[C@@H]1[C@@H](O)[C@@H](O)C(Oc2ccc(CCNC(C)=O)c(-c3ccc(C(F)(F)F)cc3)c2)OC1(C)C. The first-order chi connectivity index (χ1) is 16.3. The van der Waals surface area contributed by atoms with Crippen LogP contribution in [0.2, 0.25) is 0 Å². The summed E-state index contributed by atoms with van der Waals surface area (Å²) in [5, 5.41) is 23.7. The Morgan fingerprint density at radius 1 is 1.11 bits per heavy atom. The molecule has 1 fully saturated rings. The number of aliphatic hydroxyl groups excluding tert-OH is 2. The number of benzene rings is 2. The summed E-state index contributed by atoms with van der Waals surface area (Å²) in [6.07, 6.45) is -8.68. The number of carbonyl (C=O) groups is 1. The molecule has 1 amide bonds. The van der Waals surface area contributed by atoms with E-state index in [0.717, 1.165) is 17.7 Å². The lowest BCUT2D eigenvalue weighted by atomic mass is 9.89. The minimum atomic E-state index is -4.46. The van der Waals surface area contributed by atoms with Crippen molar-refractivity contribution in [3.8, 4) is 16.9 Å². The minimum Gasteiger partial charge on any atom is -0.462 e. The minimum absolute atomic E-state index is 0.194. The summed E-state index contributed by atoms with van der Waals surface area (Å²) in [7, 11) is 1.41. The molecule has 10 heteroatoms. The van der Waals surface area contributed by atoms with Crippen molar-refractivity contribution < 1.29 is 42.4 Å². The third-order valence-electron chi connectivity index (χ3n) is 5.92. The van der Waals surface area contributed by atoms with Crippen LogP contribution in [0.25, 0.3) is 11.1 Å². The number of carbonyl (C=O) groups excluding carboxylic acids is 1. The lowest BCUT2D eigenvalue weighted by molar-refractivity contribution is -0.305. The topological polar surface area (TPSA) is 97.3 Å². The van der Waals surface area contributed by atoms with E-state index in [-0.39, 0.29) is 11.7 Å². The Morgan fingerprint density at radius 2 is 1.77 bits per heavy atom. The highest BCUT2D eigenvalue weighted by Gasteiger charge is 2.50. The molecule has 0 aromatic heterocycles. The van der Waals surface area contributed by atoms with Gasteiger partial charge in [-0.15, -0.1) is 0 Å². The summed E-state index contributed by atoms with van der Waals surface area (Å²) in [6, 6.07) is 9.73. The van der Waals surface area contributed by atoms with Gasteiger partial charge in [0.15, 0.2) is 0 Å². The zero-order chi connectivity index (χ0) is 26.0. The molecule has 3 N–H and O–H groups in total. The maximum absolute atomic E-state index is 13.0. The molecule has 4 atom stereocenters. The monoisotopic (exact) mass is 497 g/mol. The smallest absolute Gasteiger partial charge is 0.416 e.